The Hall–Kier alpha value is -1.69. The zero-order chi connectivity index (χ0) is 13.7. The molecular weight excluding hydrogens is 260 g/mol. The first-order valence-electron chi connectivity index (χ1n) is 6.23. The third-order valence-corrected chi connectivity index (χ3v) is 3.36. The van der Waals surface area contributed by atoms with E-state index in [9.17, 15) is 0 Å². The molecule has 5 nitrogen and oxygen atoms in total. The molecule has 0 aliphatic carbocycles. The van der Waals surface area contributed by atoms with Gasteiger partial charge in [0.2, 0.25) is 11.0 Å². The van der Waals surface area contributed by atoms with Gasteiger partial charge in [-0.15, -0.1) is 10.2 Å². The SMILES string of the molecule is COc1cccc(CNc2nnc(CC(C)C)s2)n1. The highest BCUT2D eigenvalue weighted by Gasteiger charge is 2.06. The number of aromatic nitrogens is 3. The fourth-order valence-electron chi connectivity index (χ4n) is 1.59. The van der Waals surface area contributed by atoms with Gasteiger partial charge in [0, 0.05) is 12.5 Å². The summed E-state index contributed by atoms with van der Waals surface area (Å²) in [5.74, 6) is 1.22. The van der Waals surface area contributed by atoms with E-state index in [0.29, 0.717) is 18.3 Å². The van der Waals surface area contributed by atoms with Crippen LogP contribution in [-0.2, 0) is 13.0 Å². The molecule has 0 aliphatic heterocycles. The van der Waals surface area contributed by atoms with Crippen molar-refractivity contribution >= 4 is 16.5 Å². The number of anilines is 1. The van der Waals surface area contributed by atoms with Crippen molar-refractivity contribution in [1.82, 2.24) is 15.2 Å². The summed E-state index contributed by atoms with van der Waals surface area (Å²) in [6.45, 7) is 4.97. The molecule has 0 unspecified atom stereocenters. The molecule has 0 saturated carbocycles. The third kappa shape index (κ3) is 4.17. The van der Waals surface area contributed by atoms with Crippen LogP contribution in [0.25, 0.3) is 0 Å². The molecule has 0 aliphatic rings. The molecule has 0 amide bonds. The number of methoxy groups -OCH3 is 1. The Bertz CT molecular complexity index is 527. The Kier molecular flexibility index (Phi) is 4.68. The lowest BCUT2D eigenvalue weighted by Gasteiger charge is -2.03. The molecule has 0 atom stereocenters. The molecule has 2 aromatic heterocycles. The second-order valence-electron chi connectivity index (χ2n) is 4.62. The van der Waals surface area contributed by atoms with Crippen LogP contribution in [0.5, 0.6) is 5.88 Å². The van der Waals surface area contributed by atoms with Gasteiger partial charge >= 0.3 is 0 Å². The summed E-state index contributed by atoms with van der Waals surface area (Å²) >= 11 is 1.60. The Balaban J connectivity index is 1.92. The van der Waals surface area contributed by atoms with E-state index in [1.54, 1.807) is 18.4 Å². The number of hydrogen-bond acceptors (Lipinski definition) is 6. The van der Waals surface area contributed by atoms with Gasteiger partial charge in [0.25, 0.3) is 0 Å². The Morgan fingerprint density at radius 2 is 2.16 bits per heavy atom. The Labute approximate surface area is 117 Å². The van der Waals surface area contributed by atoms with Gasteiger partial charge in [0.1, 0.15) is 5.01 Å². The average molecular weight is 278 g/mol. The van der Waals surface area contributed by atoms with Crippen molar-refractivity contribution in [3.63, 3.8) is 0 Å². The van der Waals surface area contributed by atoms with E-state index >= 15 is 0 Å². The summed E-state index contributed by atoms with van der Waals surface area (Å²) in [6.07, 6.45) is 0.969. The predicted molar refractivity (Wildman–Crippen MR) is 76.6 cm³/mol. The zero-order valence-electron chi connectivity index (χ0n) is 11.4. The molecule has 0 fully saturated rings. The molecule has 0 bridgehead atoms. The van der Waals surface area contributed by atoms with Crippen molar-refractivity contribution in [1.29, 1.82) is 0 Å². The molecule has 1 N–H and O–H groups in total. The van der Waals surface area contributed by atoms with Crippen LogP contribution in [0.15, 0.2) is 18.2 Å². The maximum atomic E-state index is 5.09. The lowest BCUT2D eigenvalue weighted by Crippen LogP contribution is -2.02. The number of pyridine rings is 1. The number of nitrogens with one attached hydrogen (secondary N) is 1. The molecule has 0 aromatic carbocycles. The summed E-state index contributed by atoms with van der Waals surface area (Å²) in [4.78, 5) is 4.33. The second kappa shape index (κ2) is 6.47. The van der Waals surface area contributed by atoms with Gasteiger partial charge in [-0.3, -0.25) is 0 Å². The van der Waals surface area contributed by atoms with E-state index in [1.165, 1.54) is 0 Å². The minimum Gasteiger partial charge on any atom is -0.481 e. The summed E-state index contributed by atoms with van der Waals surface area (Å²) in [5, 5.41) is 13.4. The van der Waals surface area contributed by atoms with Crippen LogP contribution in [-0.4, -0.2) is 22.3 Å². The lowest BCUT2D eigenvalue weighted by atomic mass is 10.1. The number of ether oxygens (including phenoxy) is 1. The topological polar surface area (TPSA) is 59.9 Å². The molecule has 0 radical (unpaired) electrons. The molecular formula is C13H18N4OS. The number of hydrogen-bond donors (Lipinski definition) is 1. The van der Waals surface area contributed by atoms with E-state index in [-0.39, 0.29) is 0 Å². The van der Waals surface area contributed by atoms with Crippen LogP contribution in [0.4, 0.5) is 5.13 Å². The van der Waals surface area contributed by atoms with Crippen LogP contribution in [0.2, 0.25) is 0 Å². The zero-order valence-corrected chi connectivity index (χ0v) is 12.2. The van der Waals surface area contributed by atoms with Crippen LogP contribution in [0, 0.1) is 5.92 Å². The molecule has 0 spiro atoms. The highest BCUT2D eigenvalue weighted by Crippen LogP contribution is 2.19. The summed E-state index contributed by atoms with van der Waals surface area (Å²) < 4.78 is 5.09. The van der Waals surface area contributed by atoms with Gasteiger partial charge in [-0.05, 0) is 12.0 Å². The van der Waals surface area contributed by atoms with Crippen molar-refractivity contribution in [2.75, 3.05) is 12.4 Å². The van der Waals surface area contributed by atoms with Crippen LogP contribution >= 0.6 is 11.3 Å². The molecule has 19 heavy (non-hydrogen) atoms. The third-order valence-electron chi connectivity index (χ3n) is 2.46. The fraction of sp³-hybridized carbons (Fsp3) is 0.462. The normalized spacial score (nSPS) is 10.7. The first-order chi connectivity index (χ1) is 9.17. The van der Waals surface area contributed by atoms with Gasteiger partial charge < -0.3 is 10.1 Å². The quantitative estimate of drug-likeness (QED) is 0.880. The van der Waals surface area contributed by atoms with E-state index in [2.05, 4.69) is 34.3 Å². The van der Waals surface area contributed by atoms with Crippen LogP contribution < -0.4 is 10.1 Å². The van der Waals surface area contributed by atoms with Crippen molar-refractivity contribution < 1.29 is 4.74 Å². The molecule has 102 valence electrons. The Morgan fingerprint density at radius 1 is 1.32 bits per heavy atom. The summed E-state index contributed by atoms with van der Waals surface area (Å²) in [6, 6.07) is 5.70. The maximum absolute atomic E-state index is 5.09. The van der Waals surface area contributed by atoms with Gasteiger partial charge in [-0.1, -0.05) is 31.3 Å². The molecule has 6 heteroatoms. The predicted octanol–water partition coefficient (Wildman–Crippen LogP) is 2.75. The van der Waals surface area contributed by atoms with Gasteiger partial charge in [0.05, 0.1) is 19.3 Å². The van der Waals surface area contributed by atoms with Crippen molar-refractivity contribution in [2.24, 2.45) is 5.92 Å². The monoisotopic (exact) mass is 278 g/mol. The summed E-state index contributed by atoms with van der Waals surface area (Å²) in [5.41, 5.74) is 0.917. The lowest BCUT2D eigenvalue weighted by molar-refractivity contribution is 0.396. The smallest absolute Gasteiger partial charge is 0.213 e. The minimum absolute atomic E-state index is 0.598. The van der Waals surface area contributed by atoms with Crippen LogP contribution in [0.3, 0.4) is 0 Å². The molecule has 2 rings (SSSR count). The second-order valence-corrected chi connectivity index (χ2v) is 5.69. The van der Waals surface area contributed by atoms with E-state index in [0.717, 1.165) is 22.3 Å². The minimum atomic E-state index is 0.598. The summed E-state index contributed by atoms with van der Waals surface area (Å²) in [7, 11) is 1.61. The largest absolute Gasteiger partial charge is 0.481 e. The van der Waals surface area contributed by atoms with Crippen molar-refractivity contribution in [3.8, 4) is 5.88 Å². The van der Waals surface area contributed by atoms with Crippen molar-refractivity contribution in [3.05, 3.63) is 28.9 Å². The molecule has 2 heterocycles. The van der Waals surface area contributed by atoms with Crippen molar-refractivity contribution in [2.45, 2.75) is 26.8 Å². The molecule has 2 aromatic rings. The van der Waals surface area contributed by atoms with E-state index in [1.807, 2.05) is 18.2 Å². The van der Waals surface area contributed by atoms with E-state index < -0.39 is 0 Å². The standard InChI is InChI=1S/C13H18N4OS/c1-9(2)7-12-16-17-13(19-12)14-8-10-5-4-6-11(15-10)18-3/h4-6,9H,7-8H2,1-3H3,(H,14,17). The van der Waals surface area contributed by atoms with Gasteiger partial charge in [-0.2, -0.15) is 0 Å². The number of nitrogens with zero attached hydrogens (tertiary/aromatic N) is 3. The van der Waals surface area contributed by atoms with Crippen LogP contribution in [0.1, 0.15) is 24.5 Å². The van der Waals surface area contributed by atoms with Gasteiger partial charge in [0.15, 0.2) is 0 Å². The Morgan fingerprint density at radius 3 is 2.89 bits per heavy atom. The maximum Gasteiger partial charge on any atom is 0.213 e. The average Bonchev–Trinajstić information content (AvgIpc) is 2.83. The first-order valence-corrected chi connectivity index (χ1v) is 7.05. The van der Waals surface area contributed by atoms with Gasteiger partial charge in [-0.25, -0.2) is 4.98 Å². The first kappa shape index (κ1) is 13.7. The highest BCUT2D eigenvalue weighted by atomic mass is 32.1. The molecule has 0 saturated heterocycles. The highest BCUT2D eigenvalue weighted by molar-refractivity contribution is 7.15. The number of rotatable bonds is 6. The fourth-order valence-corrected chi connectivity index (χ4v) is 2.54. The van der Waals surface area contributed by atoms with E-state index in [4.69, 9.17) is 4.74 Å².